The van der Waals surface area contributed by atoms with E-state index in [0.717, 1.165) is 24.3 Å². The predicted octanol–water partition coefficient (Wildman–Crippen LogP) is 16.4. The second kappa shape index (κ2) is 48.0. The molecule has 120 heavy (non-hydrogen) atoms. The highest BCUT2D eigenvalue weighted by Crippen LogP contribution is 2.27. The third kappa shape index (κ3) is 31.4. The highest BCUT2D eigenvalue weighted by molar-refractivity contribution is 8.93. The number of halogens is 14. The quantitative estimate of drug-likeness (QED) is 0.0329. The first kappa shape index (κ1) is 111. The van der Waals surface area contributed by atoms with Crippen LogP contribution in [0, 0.1) is 27.0 Å². The van der Waals surface area contributed by atoms with Crippen LogP contribution >= 0.6 is 185 Å². The largest absolute Gasteiger partial charge is 0.496 e. The zero-order chi connectivity index (χ0) is 86.4. The molecule has 26 nitrogen and oxygen atoms in total. The lowest BCUT2D eigenvalue weighted by Gasteiger charge is -2.14. The topological polar surface area (TPSA) is 413 Å². The molecule has 8 N–H and O–H groups in total. The van der Waals surface area contributed by atoms with Crippen molar-refractivity contribution in [3.05, 3.63) is 292 Å². The number of hydrogen-bond donors (Lipinski definition) is 7. The van der Waals surface area contributed by atoms with Crippen LogP contribution in [-0.4, -0.2) is 122 Å². The third-order valence-corrected chi connectivity index (χ3v) is 21.9. The van der Waals surface area contributed by atoms with Gasteiger partial charge >= 0.3 is 0 Å². The second-order valence-corrected chi connectivity index (χ2v) is 35.4. The number of Topliss-reactive ketones (excluding diaryl/α,β-unsaturated/α-hetero) is 5. The number of rotatable bonds is 21. The van der Waals surface area contributed by atoms with Crippen LogP contribution in [0.2, 0.25) is 45.2 Å². The van der Waals surface area contributed by atoms with Crippen LogP contribution in [0.1, 0.15) is 135 Å². The number of primary amides is 1. The summed E-state index contributed by atoms with van der Waals surface area (Å²) < 4.78 is 82.6. The molecule has 0 unspecified atom stereocenters. The van der Waals surface area contributed by atoms with Crippen LogP contribution in [0.25, 0.3) is 0 Å². The number of hydrogen-bond acceptors (Lipinski definition) is 19. The maximum Gasteiger partial charge on any atom is 0.251 e. The van der Waals surface area contributed by atoms with E-state index >= 15 is 0 Å². The van der Waals surface area contributed by atoms with Gasteiger partial charge in [0.25, 0.3) is 5.91 Å². The van der Waals surface area contributed by atoms with Gasteiger partial charge in [-0.15, -0.1) is 80.3 Å². The Morgan fingerprint density at radius 2 is 0.650 bits per heavy atom. The normalized spacial score (nSPS) is 10.6. The lowest BCUT2D eigenvalue weighted by atomic mass is 10.1. The summed E-state index contributed by atoms with van der Waals surface area (Å²) in [5.41, 5.74) is 10.2. The molecule has 0 saturated heterocycles. The van der Waals surface area contributed by atoms with Gasteiger partial charge in [0, 0.05) is 107 Å². The molecule has 646 valence electrons. The van der Waals surface area contributed by atoms with Gasteiger partial charge in [0.15, 0.2) is 58.4 Å². The highest BCUT2D eigenvalue weighted by Gasteiger charge is 2.20. The van der Waals surface area contributed by atoms with E-state index in [2.05, 4.69) is 5.32 Å². The van der Waals surface area contributed by atoms with Crippen LogP contribution < -0.4 is 43.2 Å². The maximum atomic E-state index is 11.8. The Kier molecular flexibility index (Phi) is 44.3. The van der Waals surface area contributed by atoms with Gasteiger partial charge in [-0.25, -0.2) is 25.3 Å². The van der Waals surface area contributed by atoms with Gasteiger partial charge in [-0.3, -0.25) is 60.6 Å². The molecule has 0 spiro atoms. The van der Waals surface area contributed by atoms with E-state index in [-0.39, 0.29) is 228 Å². The van der Waals surface area contributed by atoms with E-state index in [1.807, 2.05) is 0 Å². The summed E-state index contributed by atoms with van der Waals surface area (Å²) in [7, 11) is -7.07. The lowest BCUT2D eigenvalue weighted by molar-refractivity contribution is 0.0958. The van der Waals surface area contributed by atoms with E-state index in [1.165, 1.54) is 164 Å². The van der Waals surface area contributed by atoms with Gasteiger partial charge in [0.2, 0.25) is 5.91 Å². The summed E-state index contributed by atoms with van der Waals surface area (Å²) >= 11 is 54.3. The number of nitrogens with two attached hydrogens (primary N) is 1. The summed E-state index contributed by atoms with van der Waals surface area (Å²) in [4.78, 5) is 81.4. The molecule has 2 amide bonds. The Labute approximate surface area is 784 Å². The van der Waals surface area contributed by atoms with Gasteiger partial charge in [0.1, 0.15) is 33.2 Å². The molecule has 43 heteroatoms. The van der Waals surface area contributed by atoms with E-state index in [4.69, 9.17) is 142 Å². The molecule has 5 aromatic carbocycles. The molecule has 10 rings (SSSR count). The zero-order valence-corrected chi connectivity index (χ0v) is 81.6. The molecule has 0 atom stereocenters. The maximum absolute atomic E-state index is 11.8. The Balaban J connectivity index is 0.000000742. The Morgan fingerprint density at radius 1 is 0.367 bits per heavy atom. The predicted molar refractivity (Wildman–Crippen MR) is 491 cm³/mol. The number of aromatic nitrogens is 5. The van der Waals surface area contributed by atoms with Crippen molar-refractivity contribution in [2.45, 2.75) is 82.0 Å². The van der Waals surface area contributed by atoms with Crippen molar-refractivity contribution in [2.75, 3.05) is 32.9 Å². The van der Waals surface area contributed by atoms with Crippen molar-refractivity contribution in [1.29, 1.82) is 27.0 Å². The number of nitrogens with zero attached hydrogens (tertiary/aromatic N) is 5. The van der Waals surface area contributed by atoms with Gasteiger partial charge in [0.05, 0.1) is 94.4 Å². The molecule has 0 aliphatic carbocycles. The highest BCUT2D eigenvalue weighted by atomic mass is 79.9. The van der Waals surface area contributed by atoms with Crippen LogP contribution in [-0.2, 0) is 62.2 Å². The standard InChI is InChI=1S/C16H15Cl2N3O2.C16H17ClN2O4S.C15H13Cl2N3O2.2C15H14Cl2N2O3S.4BrH.ClH/c1-9(22)14-6-13(18)8-21(15(14)19)7-10-3-11(16(23)20-2)5-12(17)4-10;1-10(20)14-7-12(17)9-19(16(14)18)8-11-6-13(24(3,21)22)4-5-15(11)23-2;1-8(21)13-5-12(17)7-20(14(13)18)6-9-2-10(15(19)22)4-11(16)3-9;1-9(20)13-6-11(16)8-19(15(13)18)7-10-5-12(23(2,21)22)3-4-14(10)17;1-9(20)13-5-11(16)8-19(15(13)18)7-10-3-4-12(6-14(10)17)23(2,21)22;;;;;/h3-6,8,19H,7H2,1-2H3,(H,20,23);4-7,9,18H,8H2,1-3H3;2-5,7,18H,6H2,1H3,(H2,19,22);2*3-6,8,18H,7H2,1-2H3;5*1H. The summed E-state index contributed by atoms with van der Waals surface area (Å²) in [5, 5.41) is 46.1. The number of carbonyl (C=O) groups is 7. The molecule has 0 radical (unpaired) electrons. The Bertz CT molecular complexity index is 6310. The van der Waals surface area contributed by atoms with Crippen molar-refractivity contribution in [3.8, 4) is 5.75 Å². The number of amides is 2. The Hall–Kier alpha value is -7.39. The fourth-order valence-electron chi connectivity index (χ4n) is 10.8. The van der Waals surface area contributed by atoms with E-state index in [0.29, 0.717) is 73.7 Å². The minimum absolute atomic E-state index is 0. The van der Waals surface area contributed by atoms with Crippen LogP contribution in [0.4, 0.5) is 0 Å². The molecule has 5 aromatic heterocycles. The van der Waals surface area contributed by atoms with Crippen LogP contribution in [0.15, 0.2) is 167 Å². The van der Waals surface area contributed by atoms with Crippen molar-refractivity contribution in [2.24, 2.45) is 5.73 Å². The first-order chi connectivity index (χ1) is 53.4. The average molecular weight is 2170 g/mol. The summed E-state index contributed by atoms with van der Waals surface area (Å²) in [6.07, 6.45) is 11.0. The number of pyridine rings is 5. The molecule has 0 aliphatic heterocycles. The number of nitrogens with one attached hydrogen (secondary N) is 6. The fourth-order valence-corrected chi connectivity index (χ4v) is 14.9. The Morgan fingerprint density at radius 3 is 0.958 bits per heavy atom. The second-order valence-electron chi connectivity index (χ2n) is 25.5. The van der Waals surface area contributed by atoms with Crippen LogP contribution in [0.5, 0.6) is 5.75 Å². The fraction of sp³-hybridized carbons (Fsp3) is 0.195. The average Bonchev–Trinajstić information content (AvgIpc) is 0.815. The molecule has 0 fully saturated rings. The number of ether oxygens (including phenoxy) is 1. The summed E-state index contributed by atoms with van der Waals surface area (Å²) in [6, 6.07) is 30.2. The zero-order valence-electron chi connectivity index (χ0n) is 64.7. The molecule has 10 aromatic rings. The van der Waals surface area contributed by atoms with Crippen molar-refractivity contribution in [1.82, 2.24) is 28.2 Å². The third-order valence-electron chi connectivity index (χ3n) is 16.4. The minimum Gasteiger partial charge on any atom is -0.496 e. The van der Waals surface area contributed by atoms with Crippen LogP contribution in [0.3, 0.4) is 0 Å². The summed E-state index contributed by atoms with van der Waals surface area (Å²) in [6.45, 7) is 7.81. The van der Waals surface area contributed by atoms with E-state index in [1.54, 1.807) is 59.4 Å². The molecule has 0 saturated carbocycles. The van der Waals surface area contributed by atoms with Crippen molar-refractivity contribution in [3.63, 3.8) is 0 Å². The van der Waals surface area contributed by atoms with Gasteiger partial charge in [-0.05, 0) is 172 Å². The number of carbonyl (C=O) groups excluding carboxylic acids is 7. The number of ketones is 5. The molecule has 0 bridgehead atoms. The van der Waals surface area contributed by atoms with Crippen molar-refractivity contribution < 1.29 is 63.6 Å². The van der Waals surface area contributed by atoms with Gasteiger partial charge < -0.3 is 38.6 Å². The number of benzene rings is 5. The van der Waals surface area contributed by atoms with Gasteiger partial charge in [-0.2, -0.15) is 0 Å². The minimum atomic E-state index is -3.37. The first-order valence-electron chi connectivity index (χ1n) is 33.1. The monoisotopic (exact) mass is 2160 g/mol. The number of sulfone groups is 3. The lowest BCUT2D eigenvalue weighted by Crippen LogP contribution is -2.26. The summed E-state index contributed by atoms with van der Waals surface area (Å²) in [5.74, 6) is -1.64. The molecular weight excluding hydrogens is 2090 g/mol. The first-order valence-corrected chi connectivity index (χ1v) is 42.2. The molecular formula is C77H78Br4Cl10N12O14S3. The van der Waals surface area contributed by atoms with Gasteiger partial charge in [-0.1, -0.05) is 110 Å². The van der Waals surface area contributed by atoms with Crippen molar-refractivity contribution >= 4 is 255 Å². The van der Waals surface area contributed by atoms with E-state index < -0.39 is 35.4 Å². The molecule has 5 heterocycles. The van der Waals surface area contributed by atoms with E-state index in [9.17, 15) is 58.8 Å². The SMILES string of the molecule is Br.Br.Br.Br.CC(=O)c1cc(Cl)cn(Cc2cc(Cl)cc(C(N)=O)c2)c1=N.CC(=O)c1cc(Cl)cn(Cc2cc(S(C)(=O)=O)ccc2Cl)c1=N.CC(=O)c1cc(Cl)cn(Cc2ccc(S(C)(=O)=O)cc2Cl)c1=N.CNC(=O)c1cc(Cl)cc(Cn2cc(Cl)cc(C(C)=O)c2=N)c1.COc1ccc(S(C)(=O)=O)cc1Cn1cc(Cl)cc(C(C)=O)c1=N.Cl. The smallest absolute Gasteiger partial charge is 0.251 e. The number of methoxy groups -OCH3 is 1. The molecule has 0 aliphatic rings.